The molecule has 1 amide bonds. The lowest BCUT2D eigenvalue weighted by Gasteiger charge is -2.37. The van der Waals surface area contributed by atoms with Crippen molar-refractivity contribution >= 4 is 23.2 Å². The van der Waals surface area contributed by atoms with Crippen LogP contribution in [0.4, 0.5) is 5.69 Å². The molecule has 1 fully saturated rings. The second-order valence-electron chi connectivity index (χ2n) is 5.50. The third kappa shape index (κ3) is 4.35. The molecule has 1 aliphatic rings. The van der Waals surface area contributed by atoms with E-state index in [-0.39, 0.29) is 11.8 Å². The summed E-state index contributed by atoms with van der Waals surface area (Å²) in [5, 5.41) is 3.99. The lowest BCUT2D eigenvalue weighted by Crippen LogP contribution is -2.51. The number of rotatable bonds is 5. The smallest absolute Gasteiger partial charge is 0.226 e. The van der Waals surface area contributed by atoms with Gasteiger partial charge in [-0.2, -0.15) is 0 Å². The van der Waals surface area contributed by atoms with Crippen molar-refractivity contribution in [1.29, 1.82) is 0 Å². The average Bonchev–Trinajstić information content (AvgIpc) is 2.52. The molecule has 1 unspecified atom stereocenters. The number of anilines is 1. The fourth-order valence-electron chi connectivity index (χ4n) is 2.62. The molecular weight excluding hydrogens is 286 g/mol. The van der Waals surface area contributed by atoms with Gasteiger partial charge in [-0.1, -0.05) is 31.5 Å². The fourth-order valence-corrected chi connectivity index (χ4v) is 2.80. The van der Waals surface area contributed by atoms with Gasteiger partial charge in [-0.3, -0.25) is 4.79 Å². The Balaban J connectivity index is 1.87. The van der Waals surface area contributed by atoms with E-state index < -0.39 is 0 Å². The zero-order valence-corrected chi connectivity index (χ0v) is 13.6. The molecule has 1 aromatic rings. The van der Waals surface area contributed by atoms with Gasteiger partial charge in [0.25, 0.3) is 0 Å². The van der Waals surface area contributed by atoms with Crippen LogP contribution in [0.1, 0.15) is 13.8 Å². The Labute approximate surface area is 132 Å². The summed E-state index contributed by atoms with van der Waals surface area (Å²) in [6, 6.07) is 7.89. The van der Waals surface area contributed by atoms with Crippen molar-refractivity contribution < 1.29 is 4.79 Å². The van der Waals surface area contributed by atoms with Gasteiger partial charge < -0.3 is 15.1 Å². The van der Waals surface area contributed by atoms with E-state index in [0.29, 0.717) is 0 Å². The molecular formula is C16H24ClN3O. The number of carbonyl (C=O) groups is 1. The van der Waals surface area contributed by atoms with Crippen molar-refractivity contribution in [3.05, 3.63) is 29.3 Å². The monoisotopic (exact) mass is 309 g/mol. The molecule has 5 heteroatoms. The largest absolute Gasteiger partial charge is 0.368 e. The van der Waals surface area contributed by atoms with Crippen LogP contribution in [0.2, 0.25) is 5.02 Å². The SMILES string of the molecule is CCNCC(C)C(=O)N1CCN(c2cccc(Cl)c2)CC1. The molecule has 0 spiro atoms. The molecule has 2 rings (SSSR count). The topological polar surface area (TPSA) is 35.6 Å². The molecule has 0 saturated carbocycles. The van der Waals surface area contributed by atoms with Crippen LogP contribution in [0.15, 0.2) is 24.3 Å². The van der Waals surface area contributed by atoms with Crippen LogP contribution in [-0.2, 0) is 4.79 Å². The molecule has 1 atom stereocenters. The van der Waals surface area contributed by atoms with E-state index in [2.05, 4.69) is 23.2 Å². The Morgan fingerprint density at radius 1 is 1.33 bits per heavy atom. The van der Waals surface area contributed by atoms with Crippen LogP contribution in [-0.4, -0.2) is 50.1 Å². The molecule has 0 aromatic heterocycles. The highest BCUT2D eigenvalue weighted by molar-refractivity contribution is 6.30. The van der Waals surface area contributed by atoms with Gasteiger partial charge in [-0.15, -0.1) is 0 Å². The van der Waals surface area contributed by atoms with Gasteiger partial charge in [0.2, 0.25) is 5.91 Å². The maximum Gasteiger partial charge on any atom is 0.226 e. The standard InChI is InChI=1S/C16H24ClN3O/c1-3-18-12-13(2)16(21)20-9-7-19(8-10-20)15-6-4-5-14(17)11-15/h4-6,11,13,18H,3,7-10,12H2,1-2H3. The number of hydrogen-bond acceptors (Lipinski definition) is 3. The zero-order chi connectivity index (χ0) is 15.2. The van der Waals surface area contributed by atoms with Gasteiger partial charge in [0.05, 0.1) is 0 Å². The zero-order valence-electron chi connectivity index (χ0n) is 12.8. The van der Waals surface area contributed by atoms with E-state index >= 15 is 0 Å². The van der Waals surface area contributed by atoms with Crippen molar-refractivity contribution in [2.45, 2.75) is 13.8 Å². The van der Waals surface area contributed by atoms with E-state index in [0.717, 1.165) is 50.0 Å². The summed E-state index contributed by atoms with van der Waals surface area (Å²) in [6.45, 7) is 8.99. The summed E-state index contributed by atoms with van der Waals surface area (Å²) in [6.07, 6.45) is 0. The molecule has 0 radical (unpaired) electrons. The Morgan fingerprint density at radius 2 is 2.05 bits per heavy atom. The van der Waals surface area contributed by atoms with Gasteiger partial charge in [0.15, 0.2) is 0 Å². The van der Waals surface area contributed by atoms with Crippen molar-refractivity contribution in [3.8, 4) is 0 Å². The minimum atomic E-state index is 0.0441. The van der Waals surface area contributed by atoms with Crippen molar-refractivity contribution in [2.24, 2.45) is 5.92 Å². The first-order valence-electron chi connectivity index (χ1n) is 7.62. The first-order chi connectivity index (χ1) is 10.1. The molecule has 1 heterocycles. The lowest BCUT2D eigenvalue weighted by atomic mass is 10.1. The fraction of sp³-hybridized carbons (Fsp3) is 0.562. The summed E-state index contributed by atoms with van der Waals surface area (Å²) in [7, 11) is 0. The number of halogens is 1. The number of nitrogens with zero attached hydrogens (tertiary/aromatic N) is 2. The molecule has 21 heavy (non-hydrogen) atoms. The first kappa shape index (κ1) is 16.1. The highest BCUT2D eigenvalue weighted by Gasteiger charge is 2.24. The van der Waals surface area contributed by atoms with E-state index in [1.54, 1.807) is 0 Å². The van der Waals surface area contributed by atoms with Crippen LogP contribution in [0.5, 0.6) is 0 Å². The van der Waals surface area contributed by atoms with Gasteiger partial charge in [-0.25, -0.2) is 0 Å². The summed E-state index contributed by atoms with van der Waals surface area (Å²) in [5.41, 5.74) is 1.13. The number of nitrogens with one attached hydrogen (secondary N) is 1. The second kappa shape index (κ2) is 7.66. The molecule has 1 aliphatic heterocycles. The Bertz CT molecular complexity index is 472. The highest BCUT2D eigenvalue weighted by Crippen LogP contribution is 2.21. The van der Waals surface area contributed by atoms with Crippen molar-refractivity contribution in [1.82, 2.24) is 10.2 Å². The predicted molar refractivity (Wildman–Crippen MR) is 88.0 cm³/mol. The highest BCUT2D eigenvalue weighted by atomic mass is 35.5. The molecule has 1 N–H and O–H groups in total. The Kier molecular flexibility index (Phi) is 5.88. The number of piperazine rings is 1. The third-order valence-corrected chi connectivity index (χ3v) is 4.12. The Morgan fingerprint density at radius 3 is 2.67 bits per heavy atom. The van der Waals surface area contributed by atoms with Crippen molar-refractivity contribution in [3.63, 3.8) is 0 Å². The van der Waals surface area contributed by atoms with Gasteiger partial charge in [-0.05, 0) is 24.7 Å². The van der Waals surface area contributed by atoms with Crippen LogP contribution < -0.4 is 10.2 Å². The van der Waals surface area contributed by atoms with Crippen molar-refractivity contribution in [2.75, 3.05) is 44.2 Å². The number of carbonyl (C=O) groups excluding carboxylic acids is 1. The minimum Gasteiger partial charge on any atom is -0.368 e. The van der Waals surface area contributed by atoms with Crippen LogP contribution in [0.3, 0.4) is 0 Å². The molecule has 0 bridgehead atoms. The lowest BCUT2D eigenvalue weighted by molar-refractivity contribution is -0.135. The van der Waals surface area contributed by atoms with Crippen LogP contribution in [0, 0.1) is 5.92 Å². The summed E-state index contributed by atoms with van der Waals surface area (Å²) < 4.78 is 0. The molecule has 1 aromatic carbocycles. The molecule has 1 saturated heterocycles. The minimum absolute atomic E-state index is 0.0441. The number of hydrogen-bond donors (Lipinski definition) is 1. The summed E-state index contributed by atoms with van der Waals surface area (Å²) >= 11 is 6.04. The molecule has 4 nitrogen and oxygen atoms in total. The second-order valence-corrected chi connectivity index (χ2v) is 5.94. The van der Waals surface area contributed by atoms with E-state index in [1.165, 1.54) is 0 Å². The van der Waals surface area contributed by atoms with Gasteiger partial charge in [0, 0.05) is 49.4 Å². The van der Waals surface area contributed by atoms with Crippen LogP contribution in [0.25, 0.3) is 0 Å². The summed E-state index contributed by atoms with van der Waals surface area (Å²) in [4.78, 5) is 16.6. The van der Waals surface area contributed by atoms with Gasteiger partial charge >= 0.3 is 0 Å². The normalized spacial score (nSPS) is 16.9. The number of amides is 1. The van der Waals surface area contributed by atoms with Gasteiger partial charge in [0.1, 0.15) is 0 Å². The molecule has 116 valence electrons. The maximum atomic E-state index is 12.3. The summed E-state index contributed by atoms with van der Waals surface area (Å²) in [5.74, 6) is 0.296. The Hall–Kier alpha value is -1.26. The third-order valence-electron chi connectivity index (χ3n) is 3.89. The number of benzene rings is 1. The molecule has 0 aliphatic carbocycles. The maximum absolute atomic E-state index is 12.3. The van der Waals surface area contributed by atoms with E-state index in [4.69, 9.17) is 11.6 Å². The van der Waals surface area contributed by atoms with E-state index in [9.17, 15) is 4.79 Å². The average molecular weight is 310 g/mol. The van der Waals surface area contributed by atoms with Crippen LogP contribution >= 0.6 is 11.6 Å². The predicted octanol–water partition coefficient (Wildman–Crippen LogP) is 2.23. The van der Waals surface area contributed by atoms with E-state index in [1.807, 2.05) is 30.0 Å². The quantitative estimate of drug-likeness (QED) is 0.906. The first-order valence-corrected chi connectivity index (χ1v) is 7.99.